The molecule has 12 heavy (non-hydrogen) atoms. The summed E-state index contributed by atoms with van der Waals surface area (Å²) in [6.45, 7) is 2.03. The number of benzene rings is 1. The largest absolute Gasteiger partial charge is 0.347 e. The molecular weight excluding hydrogens is 168 g/mol. The van der Waals surface area contributed by atoms with Gasteiger partial charge in [-0.25, -0.2) is 0 Å². The number of para-hydroxylation sites is 1. The quantitative estimate of drug-likeness (QED) is 0.661. The summed E-state index contributed by atoms with van der Waals surface area (Å²) in [5.41, 5.74) is 7.29. The molecule has 0 fully saturated rings. The molecule has 0 bridgehead atoms. The van der Waals surface area contributed by atoms with Crippen molar-refractivity contribution in [3.05, 3.63) is 24.3 Å². The van der Waals surface area contributed by atoms with E-state index in [1.54, 1.807) is 11.8 Å². The van der Waals surface area contributed by atoms with Crippen molar-refractivity contribution in [3.8, 4) is 0 Å². The number of nitrogens with zero attached hydrogens (tertiary/aromatic N) is 1. The van der Waals surface area contributed by atoms with Crippen molar-refractivity contribution in [2.45, 2.75) is 16.8 Å². The summed E-state index contributed by atoms with van der Waals surface area (Å²) in [7, 11) is 2.03. The minimum atomic E-state index is -0.288. The molecule has 2 rings (SSSR count). The molecule has 0 aliphatic carbocycles. The maximum atomic E-state index is 6.06. The maximum Gasteiger partial charge on any atom is 0.138 e. The van der Waals surface area contributed by atoms with Crippen LogP contribution in [0.25, 0.3) is 0 Å². The summed E-state index contributed by atoms with van der Waals surface area (Å²) >= 11 is 1.71. The van der Waals surface area contributed by atoms with Gasteiger partial charge in [-0.15, -0.1) is 0 Å². The smallest absolute Gasteiger partial charge is 0.138 e. The number of fused-ring (bicyclic) bond motifs is 1. The van der Waals surface area contributed by atoms with E-state index in [1.165, 1.54) is 10.6 Å². The van der Waals surface area contributed by atoms with E-state index < -0.39 is 0 Å². The highest BCUT2D eigenvalue weighted by Crippen LogP contribution is 2.45. The van der Waals surface area contributed by atoms with Gasteiger partial charge in [0.25, 0.3) is 0 Å². The summed E-state index contributed by atoms with van der Waals surface area (Å²) in [6, 6.07) is 8.29. The lowest BCUT2D eigenvalue weighted by Gasteiger charge is -2.28. The van der Waals surface area contributed by atoms with E-state index in [9.17, 15) is 0 Å². The molecule has 2 nitrogen and oxygen atoms in total. The first-order valence-electron chi connectivity index (χ1n) is 3.92. The Morgan fingerprint density at radius 2 is 2.08 bits per heavy atom. The Morgan fingerprint density at radius 3 is 2.75 bits per heavy atom. The van der Waals surface area contributed by atoms with E-state index >= 15 is 0 Å². The van der Waals surface area contributed by atoms with Crippen LogP contribution in [0.4, 0.5) is 5.69 Å². The van der Waals surface area contributed by atoms with Crippen LogP contribution in [0.2, 0.25) is 0 Å². The highest BCUT2D eigenvalue weighted by molar-refractivity contribution is 8.01. The van der Waals surface area contributed by atoms with Crippen molar-refractivity contribution in [3.63, 3.8) is 0 Å². The Labute approximate surface area is 76.7 Å². The predicted octanol–water partition coefficient (Wildman–Crippen LogP) is 1.86. The number of thioether (sulfide) groups is 1. The minimum Gasteiger partial charge on any atom is -0.347 e. The molecule has 1 atom stereocenters. The highest BCUT2D eigenvalue weighted by atomic mass is 32.2. The minimum absolute atomic E-state index is 0.288. The normalized spacial score (nSPS) is 27.4. The van der Waals surface area contributed by atoms with Gasteiger partial charge in [0.15, 0.2) is 0 Å². The van der Waals surface area contributed by atoms with Crippen LogP contribution in [0.15, 0.2) is 29.2 Å². The van der Waals surface area contributed by atoms with Gasteiger partial charge >= 0.3 is 0 Å². The second-order valence-electron chi connectivity index (χ2n) is 3.18. The molecule has 0 saturated heterocycles. The average molecular weight is 180 g/mol. The van der Waals surface area contributed by atoms with Crippen molar-refractivity contribution in [2.24, 2.45) is 5.73 Å². The van der Waals surface area contributed by atoms with E-state index in [4.69, 9.17) is 5.73 Å². The van der Waals surface area contributed by atoms with Crippen molar-refractivity contribution in [2.75, 3.05) is 11.9 Å². The van der Waals surface area contributed by atoms with Gasteiger partial charge in [0, 0.05) is 11.9 Å². The zero-order valence-corrected chi connectivity index (χ0v) is 8.06. The number of rotatable bonds is 0. The zero-order chi connectivity index (χ0) is 8.77. The van der Waals surface area contributed by atoms with Crippen molar-refractivity contribution in [1.82, 2.24) is 0 Å². The summed E-state index contributed by atoms with van der Waals surface area (Å²) in [5.74, 6) is 0. The first-order valence-corrected chi connectivity index (χ1v) is 4.74. The van der Waals surface area contributed by atoms with Crippen LogP contribution in [-0.2, 0) is 0 Å². The van der Waals surface area contributed by atoms with Crippen LogP contribution in [0, 0.1) is 0 Å². The standard InChI is InChI=1S/C9H12N2S/c1-9(10)11(2)7-5-3-4-6-8(7)12-9/h3-6H,10H2,1-2H3. The maximum absolute atomic E-state index is 6.06. The topological polar surface area (TPSA) is 29.3 Å². The Hall–Kier alpha value is -0.670. The first-order chi connectivity index (χ1) is 5.61. The summed E-state index contributed by atoms with van der Waals surface area (Å²) in [6.07, 6.45) is 0. The van der Waals surface area contributed by atoms with Crippen LogP contribution in [0.3, 0.4) is 0 Å². The molecule has 1 unspecified atom stereocenters. The van der Waals surface area contributed by atoms with E-state index in [1.807, 2.05) is 26.1 Å². The van der Waals surface area contributed by atoms with E-state index in [0.717, 1.165) is 0 Å². The number of nitrogens with two attached hydrogens (primary N) is 1. The number of anilines is 1. The van der Waals surface area contributed by atoms with Crippen molar-refractivity contribution >= 4 is 17.4 Å². The molecule has 0 saturated carbocycles. The lowest BCUT2D eigenvalue weighted by molar-refractivity contribution is 0.671. The molecular formula is C9H12N2S. The Balaban J connectivity index is 2.49. The lowest BCUT2D eigenvalue weighted by Crippen LogP contribution is -2.45. The van der Waals surface area contributed by atoms with Gasteiger partial charge in [-0.3, -0.25) is 5.73 Å². The van der Waals surface area contributed by atoms with Crippen LogP contribution in [-0.4, -0.2) is 12.0 Å². The van der Waals surface area contributed by atoms with Gasteiger partial charge in [-0.05, 0) is 19.1 Å². The van der Waals surface area contributed by atoms with Crippen LogP contribution in [0.5, 0.6) is 0 Å². The highest BCUT2D eigenvalue weighted by Gasteiger charge is 2.34. The summed E-state index contributed by atoms with van der Waals surface area (Å²) < 4.78 is 0. The first kappa shape index (κ1) is 7.95. The van der Waals surface area contributed by atoms with E-state index in [-0.39, 0.29) is 4.99 Å². The van der Waals surface area contributed by atoms with E-state index in [0.29, 0.717) is 0 Å². The molecule has 3 heteroatoms. The summed E-state index contributed by atoms with van der Waals surface area (Å²) in [4.78, 5) is 3.08. The van der Waals surface area contributed by atoms with Gasteiger partial charge in [0.05, 0.1) is 5.69 Å². The predicted molar refractivity (Wildman–Crippen MR) is 53.3 cm³/mol. The second kappa shape index (κ2) is 2.41. The zero-order valence-electron chi connectivity index (χ0n) is 7.24. The third-order valence-corrected chi connectivity index (χ3v) is 3.46. The fourth-order valence-corrected chi connectivity index (χ4v) is 2.49. The van der Waals surface area contributed by atoms with Crippen LogP contribution in [0.1, 0.15) is 6.92 Å². The van der Waals surface area contributed by atoms with Gasteiger partial charge in [0.2, 0.25) is 0 Å². The molecule has 0 radical (unpaired) electrons. The molecule has 0 amide bonds. The van der Waals surface area contributed by atoms with Crippen molar-refractivity contribution in [1.29, 1.82) is 0 Å². The van der Waals surface area contributed by atoms with Crippen LogP contribution >= 0.6 is 11.8 Å². The molecule has 1 heterocycles. The molecule has 64 valence electrons. The molecule has 2 N–H and O–H groups in total. The van der Waals surface area contributed by atoms with E-state index in [2.05, 4.69) is 17.0 Å². The van der Waals surface area contributed by atoms with Gasteiger partial charge < -0.3 is 4.90 Å². The second-order valence-corrected chi connectivity index (χ2v) is 4.65. The fourth-order valence-electron chi connectivity index (χ4n) is 1.35. The lowest BCUT2D eigenvalue weighted by atomic mass is 10.3. The van der Waals surface area contributed by atoms with Gasteiger partial charge in [0.1, 0.15) is 4.99 Å². The van der Waals surface area contributed by atoms with Crippen molar-refractivity contribution < 1.29 is 0 Å². The monoisotopic (exact) mass is 180 g/mol. The summed E-state index contributed by atoms with van der Waals surface area (Å²) in [5, 5.41) is 0. The Bertz CT molecular complexity index is 309. The molecule has 1 aromatic carbocycles. The van der Waals surface area contributed by atoms with Gasteiger partial charge in [-0.1, -0.05) is 23.9 Å². The average Bonchev–Trinajstić information content (AvgIpc) is 2.24. The number of hydrogen-bond donors (Lipinski definition) is 1. The van der Waals surface area contributed by atoms with Gasteiger partial charge in [-0.2, -0.15) is 0 Å². The fraction of sp³-hybridized carbons (Fsp3) is 0.333. The van der Waals surface area contributed by atoms with Crippen LogP contribution < -0.4 is 10.6 Å². The molecule has 1 aromatic rings. The molecule has 0 aromatic heterocycles. The molecule has 1 aliphatic rings. The third-order valence-electron chi connectivity index (χ3n) is 2.21. The molecule has 1 aliphatic heterocycles. The SMILES string of the molecule is CN1c2ccccc2SC1(C)N. The molecule has 0 spiro atoms. The Morgan fingerprint density at radius 1 is 1.42 bits per heavy atom. The third kappa shape index (κ3) is 1.01. The number of hydrogen-bond acceptors (Lipinski definition) is 3. The Kier molecular flexibility index (Phi) is 1.59.